The highest BCUT2D eigenvalue weighted by Gasteiger charge is 2.24. The Balaban J connectivity index is 1.53. The molecule has 0 spiro atoms. The quantitative estimate of drug-likeness (QED) is 0.717. The van der Waals surface area contributed by atoms with Crippen molar-refractivity contribution in [2.75, 3.05) is 18.0 Å². The second kappa shape index (κ2) is 7.31. The van der Waals surface area contributed by atoms with E-state index in [1.807, 2.05) is 50.2 Å². The lowest BCUT2D eigenvalue weighted by Crippen LogP contribution is -2.39. The number of rotatable bonds is 3. The third-order valence-corrected chi connectivity index (χ3v) is 4.96. The maximum Gasteiger partial charge on any atom is 0.267 e. The van der Waals surface area contributed by atoms with E-state index in [9.17, 15) is 4.79 Å². The van der Waals surface area contributed by atoms with Gasteiger partial charge in [-0.2, -0.15) is 5.10 Å². The van der Waals surface area contributed by atoms with Crippen molar-refractivity contribution in [2.24, 2.45) is 0 Å². The van der Waals surface area contributed by atoms with E-state index < -0.39 is 0 Å². The number of aryl methyl sites for hydroxylation is 2. The molecule has 138 valence electrons. The second-order valence-electron chi connectivity index (χ2n) is 7.04. The zero-order chi connectivity index (χ0) is 18.8. The van der Waals surface area contributed by atoms with Gasteiger partial charge in [0.05, 0.1) is 11.7 Å². The molecule has 6 heteroatoms. The van der Waals surface area contributed by atoms with Gasteiger partial charge in [-0.15, -0.1) is 0 Å². The van der Waals surface area contributed by atoms with Crippen molar-refractivity contribution < 1.29 is 0 Å². The van der Waals surface area contributed by atoms with Crippen molar-refractivity contribution >= 4 is 5.95 Å². The molecule has 1 fully saturated rings. The standard InChI is InChI=1S/C21H23N5O/c1-15-14-16(2)23-21(22-15)25-12-10-18(11-13-25)26-20(27)9-8-19(24-26)17-6-4-3-5-7-17/h3-9,14,18H,10-13H2,1-2H3. The summed E-state index contributed by atoms with van der Waals surface area (Å²) in [5.74, 6) is 0.782. The zero-order valence-electron chi connectivity index (χ0n) is 15.7. The van der Waals surface area contributed by atoms with Crippen LogP contribution in [0.4, 0.5) is 5.95 Å². The minimum atomic E-state index is -0.0456. The normalized spacial score (nSPS) is 15.1. The molecule has 0 amide bonds. The Hall–Kier alpha value is -3.02. The van der Waals surface area contributed by atoms with Crippen molar-refractivity contribution in [3.05, 3.63) is 70.3 Å². The summed E-state index contributed by atoms with van der Waals surface area (Å²) < 4.78 is 1.65. The minimum Gasteiger partial charge on any atom is -0.341 e. The van der Waals surface area contributed by atoms with Gasteiger partial charge >= 0.3 is 0 Å². The highest BCUT2D eigenvalue weighted by Crippen LogP contribution is 2.24. The van der Waals surface area contributed by atoms with Crippen LogP contribution in [0.3, 0.4) is 0 Å². The number of aromatic nitrogens is 4. The molecule has 1 aromatic carbocycles. The molecular weight excluding hydrogens is 338 g/mol. The lowest BCUT2D eigenvalue weighted by molar-refractivity contribution is 0.352. The molecule has 2 aromatic heterocycles. The summed E-state index contributed by atoms with van der Waals surface area (Å²) in [5.41, 5.74) is 3.76. The zero-order valence-corrected chi connectivity index (χ0v) is 15.7. The van der Waals surface area contributed by atoms with Crippen molar-refractivity contribution in [1.29, 1.82) is 0 Å². The minimum absolute atomic E-state index is 0.0456. The SMILES string of the molecule is Cc1cc(C)nc(N2CCC(n3nc(-c4ccccc4)ccc3=O)CC2)n1. The summed E-state index contributed by atoms with van der Waals surface area (Å²) in [6, 6.07) is 15.5. The maximum absolute atomic E-state index is 12.4. The van der Waals surface area contributed by atoms with Crippen molar-refractivity contribution in [2.45, 2.75) is 32.7 Å². The lowest BCUT2D eigenvalue weighted by atomic mass is 10.1. The summed E-state index contributed by atoms with van der Waals surface area (Å²) in [4.78, 5) is 23.7. The first-order chi connectivity index (χ1) is 13.1. The highest BCUT2D eigenvalue weighted by atomic mass is 16.1. The van der Waals surface area contributed by atoms with E-state index in [1.165, 1.54) is 0 Å². The van der Waals surface area contributed by atoms with E-state index in [1.54, 1.807) is 16.8 Å². The van der Waals surface area contributed by atoms with E-state index in [0.717, 1.165) is 54.5 Å². The Morgan fingerprint density at radius 1 is 0.926 bits per heavy atom. The van der Waals surface area contributed by atoms with Crippen LogP contribution in [0, 0.1) is 13.8 Å². The largest absolute Gasteiger partial charge is 0.341 e. The molecule has 3 aromatic rings. The average Bonchev–Trinajstić information content (AvgIpc) is 2.68. The van der Waals surface area contributed by atoms with Crippen LogP contribution in [0.1, 0.15) is 30.3 Å². The third-order valence-electron chi connectivity index (χ3n) is 4.96. The molecule has 1 saturated heterocycles. The fraction of sp³-hybridized carbons (Fsp3) is 0.333. The van der Waals surface area contributed by atoms with Gasteiger partial charge in [0.15, 0.2) is 0 Å². The molecule has 1 aliphatic heterocycles. The van der Waals surface area contributed by atoms with E-state index in [-0.39, 0.29) is 11.6 Å². The van der Waals surface area contributed by atoms with Gasteiger partial charge in [-0.05, 0) is 38.8 Å². The van der Waals surface area contributed by atoms with Gasteiger partial charge in [-0.3, -0.25) is 4.79 Å². The van der Waals surface area contributed by atoms with Crippen LogP contribution >= 0.6 is 0 Å². The molecule has 27 heavy (non-hydrogen) atoms. The molecule has 0 saturated carbocycles. The van der Waals surface area contributed by atoms with E-state index in [2.05, 4.69) is 20.0 Å². The Morgan fingerprint density at radius 3 is 2.26 bits per heavy atom. The summed E-state index contributed by atoms with van der Waals surface area (Å²) in [6.07, 6.45) is 1.70. The molecule has 3 heterocycles. The van der Waals surface area contributed by atoms with E-state index >= 15 is 0 Å². The number of anilines is 1. The monoisotopic (exact) mass is 361 g/mol. The summed E-state index contributed by atoms with van der Waals surface area (Å²) in [5, 5.41) is 4.65. The second-order valence-corrected chi connectivity index (χ2v) is 7.04. The third kappa shape index (κ3) is 3.74. The molecule has 4 rings (SSSR count). The van der Waals surface area contributed by atoms with Gasteiger partial charge in [0, 0.05) is 36.1 Å². The fourth-order valence-corrected chi connectivity index (χ4v) is 3.61. The summed E-state index contributed by atoms with van der Waals surface area (Å²) in [7, 11) is 0. The molecule has 0 bridgehead atoms. The first-order valence-corrected chi connectivity index (χ1v) is 9.33. The predicted octanol–water partition coefficient (Wildman–Crippen LogP) is 3.16. The van der Waals surface area contributed by atoms with Crippen LogP contribution in [0.25, 0.3) is 11.3 Å². The van der Waals surface area contributed by atoms with Crippen LogP contribution < -0.4 is 10.5 Å². The number of hydrogen-bond donors (Lipinski definition) is 0. The van der Waals surface area contributed by atoms with Crippen LogP contribution in [-0.2, 0) is 0 Å². The van der Waals surface area contributed by atoms with Gasteiger partial charge in [0.25, 0.3) is 5.56 Å². The first kappa shape index (κ1) is 17.4. The molecule has 0 aliphatic carbocycles. The number of hydrogen-bond acceptors (Lipinski definition) is 5. The van der Waals surface area contributed by atoms with Crippen molar-refractivity contribution in [3.8, 4) is 11.3 Å². The molecule has 0 radical (unpaired) electrons. The summed E-state index contributed by atoms with van der Waals surface area (Å²) in [6.45, 7) is 5.61. The molecular formula is C21H23N5O. The van der Waals surface area contributed by atoms with E-state index in [0.29, 0.717) is 0 Å². The smallest absolute Gasteiger partial charge is 0.267 e. The van der Waals surface area contributed by atoms with Gasteiger partial charge in [-0.1, -0.05) is 30.3 Å². The van der Waals surface area contributed by atoms with Gasteiger partial charge in [0.1, 0.15) is 0 Å². The topological polar surface area (TPSA) is 63.9 Å². The van der Waals surface area contributed by atoms with Crippen LogP contribution in [0.15, 0.2) is 53.3 Å². The maximum atomic E-state index is 12.4. The Kier molecular flexibility index (Phi) is 4.71. The van der Waals surface area contributed by atoms with E-state index in [4.69, 9.17) is 0 Å². The van der Waals surface area contributed by atoms with Gasteiger partial charge < -0.3 is 4.90 Å². The number of nitrogens with zero attached hydrogens (tertiary/aromatic N) is 5. The van der Waals surface area contributed by atoms with Crippen LogP contribution in [0.2, 0.25) is 0 Å². The highest BCUT2D eigenvalue weighted by molar-refractivity contribution is 5.57. The molecule has 0 unspecified atom stereocenters. The number of piperidine rings is 1. The molecule has 6 nitrogen and oxygen atoms in total. The van der Waals surface area contributed by atoms with Crippen molar-refractivity contribution in [1.82, 2.24) is 19.7 Å². The summed E-state index contributed by atoms with van der Waals surface area (Å²) >= 11 is 0. The lowest BCUT2D eigenvalue weighted by Gasteiger charge is -2.32. The van der Waals surface area contributed by atoms with Gasteiger partial charge in [-0.25, -0.2) is 14.6 Å². The molecule has 1 aliphatic rings. The number of benzene rings is 1. The Bertz CT molecular complexity index is 971. The Labute approximate surface area is 158 Å². The molecule has 0 atom stereocenters. The van der Waals surface area contributed by atoms with Crippen LogP contribution in [-0.4, -0.2) is 32.8 Å². The van der Waals surface area contributed by atoms with Gasteiger partial charge in [0.2, 0.25) is 5.95 Å². The van der Waals surface area contributed by atoms with Crippen molar-refractivity contribution in [3.63, 3.8) is 0 Å². The average molecular weight is 361 g/mol. The fourth-order valence-electron chi connectivity index (χ4n) is 3.61. The molecule has 0 N–H and O–H groups in total. The first-order valence-electron chi connectivity index (χ1n) is 9.33. The predicted molar refractivity (Wildman–Crippen MR) is 106 cm³/mol. The Morgan fingerprint density at radius 2 is 1.59 bits per heavy atom. The van der Waals surface area contributed by atoms with Crippen LogP contribution in [0.5, 0.6) is 0 Å².